The van der Waals surface area contributed by atoms with Gasteiger partial charge in [0.05, 0.1) is 12.7 Å². The highest BCUT2D eigenvalue weighted by Crippen LogP contribution is 2.31. The zero-order chi connectivity index (χ0) is 13.8. The first kappa shape index (κ1) is 13.9. The van der Waals surface area contributed by atoms with Gasteiger partial charge in [0.2, 0.25) is 0 Å². The van der Waals surface area contributed by atoms with Crippen LogP contribution in [0.5, 0.6) is 0 Å². The van der Waals surface area contributed by atoms with E-state index in [0.717, 1.165) is 5.69 Å². The SMILES string of the molecule is COC(=O)c1ccc(NC2C(C)CCCC2C)cc1. The van der Waals surface area contributed by atoms with Crippen molar-refractivity contribution in [2.24, 2.45) is 11.8 Å². The summed E-state index contributed by atoms with van der Waals surface area (Å²) in [6, 6.07) is 8.07. The zero-order valence-electron chi connectivity index (χ0n) is 12.0. The third-order valence-electron chi connectivity index (χ3n) is 4.18. The predicted molar refractivity (Wildman–Crippen MR) is 77.4 cm³/mol. The van der Waals surface area contributed by atoms with Crippen LogP contribution in [0, 0.1) is 11.8 Å². The molecule has 1 aliphatic rings. The molecule has 0 spiro atoms. The third kappa shape index (κ3) is 3.28. The highest BCUT2D eigenvalue weighted by atomic mass is 16.5. The van der Waals surface area contributed by atoms with Crippen LogP contribution in [0.3, 0.4) is 0 Å². The fraction of sp³-hybridized carbons (Fsp3) is 0.562. The normalized spacial score (nSPS) is 26.8. The number of hydrogen-bond acceptors (Lipinski definition) is 3. The van der Waals surface area contributed by atoms with Crippen molar-refractivity contribution in [3.05, 3.63) is 29.8 Å². The van der Waals surface area contributed by atoms with Crippen LogP contribution in [0.25, 0.3) is 0 Å². The lowest BCUT2D eigenvalue weighted by Gasteiger charge is -2.35. The van der Waals surface area contributed by atoms with Crippen molar-refractivity contribution in [1.82, 2.24) is 0 Å². The Kier molecular flexibility index (Phi) is 4.46. The summed E-state index contributed by atoms with van der Waals surface area (Å²) in [4.78, 5) is 11.4. The fourth-order valence-electron chi connectivity index (χ4n) is 2.98. The van der Waals surface area contributed by atoms with Gasteiger partial charge in [-0.2, -0.15) is 0 Å². The molecule has 3 heteroatoms. The van der Waals surface area contributed by atoms with Crippen LogP contribution in [0.15, 0.2) is 24.3 Å². The summed E-state index contributed by atoms with van der Waals surface area (Å²) in [6.07, 6.45) is 3.92. The Morgan fingerprint density at radius 1 is 1.16 bits per heavy atom. The van der Waals surface area contributed by atoms with E-state index in [0.29, 0.717) is 23.4 Å². The van der Waals surface area contributed by atoms with Gasteiger partial charge >= 0.3 is 5.97 Å². The molecule has 2 unspecified atom stereocenters. The quantitative estimate of drug-likeness (QED) is 0.843. The monoisotopic (exact) mass is 261 g/mol. The maximum absolute atomic E-state index is 11.4. The molecule has 0 bridgehead atoms. The fourth-order valence-corrected chi connectivity index (χ4v) is 2.98. The minimum absolute atomic E-state index is 0.286. The van der Waals surface area contributed by atoms with E-state index < -0.39 is 0 Å². The van der Waals surface area contributed by atoms with Gasteiger partial charge in [0.25, 0.3) is 0 Å². The standard InChI is InChI=1S/C16H23NO2/c1-11-5-4-6-12(2)15(11)17-14-9-7-13(8-10-14)16(18)19-3/h7-12,15,17H,4-6H2,1-3H3. The lowest BCUT2D eigenvalue weighted by atomic mass is 9.78. The number of hydrogen-bond donors (Lipinski definition) is 1. The van der Waals surface area contributed by atoms with Crippen LogP contribution in [0.2, 0.25) is 0 Å². The number of anilines is 1. The van der Waals surface area contributed by atoms with Gasteiger partial charge in [0.15, 0.2) is 0 Å². The van der Waals surface area contributed by atoms with Crippen LogP contribution in [-0.2, 0) is 4.74 Å². The smallest absolute Gasteiger partial charge is 0.337 e. The van der Waals surface area contributed by atoms with E-state index in [2.05, 4.69) is 19.2 Å². The molecule has 1 N–H and O–H groups in total. The summed E-state index contributed by atoms with van der Waals surface area (Å²) in [5, 5.41) is 3.61. The van der Waals surface area contributed by atoms with Crippen molar-refractivity contribution in [2.75, 3.05) is 12.4 Å². The molecule has 1 saturated carbocycles. The topological polar surface area (TPSA) is 38.3 Å². The largest absolute Gasteiger partial charge is 0.465 e. The van der Waals surface area contributed by atoms with E-state index in [1.807, 2.05) is 24.3 Å². The van der Waals surface area contributed by atoms with Gasteiger partial charge in [-0.05, 0) is 48.9 Å². The number of carbonyl (C=O) groups is 1. The molecular formula is C16H23NO2. The minimum atomic E-state index is -0.286. The second kappa shape index (κ2) is 6.09. The van der Waals surface area contributed by atoms with E-state index in [4.69, 9.17) is 4.74 Å². The van der Waals surface area contributed by atoms with Crippen LogP contribution in [0.1, 0.15) is 43.5 Å². The molecule has 2 atom stereocenters. The molecule has 1 aliphatic carbocycles. The number of methoxy groups -OCH3 is 1. The molecule has 104 valence electrons. The highest BCUT2D eigenvalue weighted by molar-refractivity contribution is 5.89. The summed E-state index contributed by atoms with van der Waals surface area (Å²) in [5.74, 6) is 1.11. The molecule has 0 aromatic heterocycles. The number of ether oxygens (including phenoxy) is 1. The maximum Gasteiger partial charge on any atom is 0.337 e. The van der Waals surface area contributed by atoms with E-state index in [-0.39, 0.29) is 5.97 Å². The van der Waals surface area contributed by atoms with Crippen LogP contribution >= 0.6 is 0 Å². The van der Waals surface area contributed by atoms with Crippen molar-refractivity contribution in [1.29, 1.82) is 0 Å². The predicted octanol–water partition coefficient (Wildman–Crippen LogP) is 3.71. The molecule has 0 aliphatic heterocycles. The van der Waals surface area contributed by atoms with Gasteiger partial charge in [-0.25, -0.2) is 4.79 Å². The Balaban J connectivity index is 2.04. The van der Waals surface area contributed by atoms with Crippen molar-refractivity contribution in [3.8, 4) is 0 Å². The Morgan fingerprint density at radius 2 is 1.74 bits per heavy atom. The molecular weight excluding hydrogens is 238 g/mol. The molecule has 1 fully saturated rings. The summed E-state index contributed by atoms with van der Waals surface area (Å²) in [6.45, 7) is 4.63. The Morgan fingerprint density at radius 3 is 2.26 bits per heavy atom. The number of rotatable bonds is 3. The average molecular weight is 261 g/mol. The number of nitrogens with one attached hydrogen (secondary N) is 1. The van der Waals surface area contributed by atoms with Crippen LogP contribution < -0.4 is 5.32 Å². The number of esters is 1. The molecule has 0 heterocycles. The van der Waals surface area contributed by atoms with Crippen molar-refractivity contribution in [3.63, 3.8) is 0 Å². The van der Waals surface area contributed by atoms with Crippen molar-refractivity contribution >= 4 is 11.7 Å². The average Bonchev–Trinajstić information content (AvgIpc) is 2.43. The summed E-state index contributed by atoms with van der Waals surface area (Å²) in [5.41, 5.74) is 1.68. The number of benzene rings is 1. The molecule has 0 amide bonds. The molecule has 0 radical (unpaired) electrons. The third-order valence-corrected chi connectivity index (χ3v) is 4.18. The summed E-state index contributed by atoms with van der Waals surface area (Å²) in [7, 11) is 1.40. The zero-order valence-corrected chi connectivity index (χ0v) is 12.0. The van der Waals surface area contributed by atoms with E-state index in [1.54, 1.807) is 0 Å². The first-order chi connectivity index (χ1) is 9.11. The van der Waals surface area contributed by atoms with Gasteiger partial charge in [0, 0.05) is 11.7 Å². The van der Waals surface area contributed by atoms with E-state index in [1.165, 1.54) is 26.4 Å². The van der Waals surface area contributed by atoms with Gasteiger partial charge in [-0.1, -0.05) is 20.3 Å². The van der Waals surface area contributed by atoms with Crippen molar-refractivity contribution < 1.29 is 9.53 Å². The Hall–Kier alpha value is -1.51. The van der Waals surface area contributed by atoms with Gasteiger partial charge < -0.3 is 10.1 Å². The molecule has 2 rings (SSSR count). The van der Waals surface area contributed by atoms with Gasteiger partial charge in [0.1, 0.15) is 0 Å². The molecule has 1 aromatic carbocycles. The lowest BCUT2D eigenvalue weighted by Crippen LogP contribution is -2.37. The lowest BCUT2D eigenvalue weighted by molar-refractivity contribution is 0.0601. The Labute approximate surface area is 115 Å². The Bertz CT molecular complexity index is 417. The van der Waals surface area contributed by atoms with Crippen LogP contribution in [-0.4, -0.2) is 19.1 Å². The summed E-state index contributed by atoms with van der Waals surface area (Å²) >= 11 is 0. The first-order valence-corrected chi connectivity index (χ1v) is 7.06. The van der Waals surface area contributed by atoms with Gasteiger partial charge in [-0.3, -0.25) is 0 Å². The van der Waals surface area contributed by atoms with E-state index >= 15 is 0 Å². The second-order valence-electron chi connectivity index (χ2n) is 5.62. The minimum Gasteiger partial charge on any atom is -0.465 e. The molecule has 0 saturated heterocycles. The summed E-state index contributed by atoms with van der Waals surface area (Å²) < 4.78 is 4.70. The maximum atomic E-state index is 11.4. The number of carbonyl (C=O) groups excluding carboxylic acids is 1. The van der Waals surface area contributed by atoms with Crippen molar-refractivity contribution in [2.45, 2.75) is 39.2 Å². The van der Waals surface area contributed by atoms with Gasteiger partial charge in [-0.15, -0.1) is 0 Å². The molecule has 3 nitrogen and oxygen atoms in total. The molecule has 1 aromatic rings. The van der Waals surface area contributed by atoms with E-state index in [9.17, 15) is 4.79 Å². The first-order valence-electron chi connectivity index (χ1n) is 7.06. The molecule has 19 heavy (non-hydrogen) atoms. The highest BCUT2D eigenvalue weighted by Gasteiger charge is 2.27. The van der Waals surface area contributed by atoms with Crippen LogP contribution in [0.4, 0.5) is 5.69 Å². The second-order valence-corrected chi connectivity index (χ2v) is 5.62.